The number of nitrogens with zero attached hydrogens (tertiary/aromatic N) is 1. The van der Waals surface area contributed by atoms with Crippen LogP contribution in [-0.4, -0.2) is 24.6 Å². The van der Waals surface area contributed by atoms with Gasteiger partial charge in [0.25, 0.3) is 0 Å². The predicted molar refractivity (Wildman–Crippen MR) is 56.0 cm³/mol. The number of nitrogens with two attached hydrogens (primary N) is 1. The molecule has 1 heterocycles. The fourth-order valence-corrected chi connectivity index (χ4v) is 2.48. The van der Waals surface area contributed by atoms with Gasteiger partial charge in [-0.15, -0.1) is 0 Å². The molecule has 0 saturated carbocycles. The Morgan fingerprint density at radius 2 is 2.27 bits per heavy atom. The van der Waals surface area contributed by atoms with Crippen LogP contribution in [0.3, 0.4) is 0 Å². The van der Waals surface area contributed by atoms with E-state index in [1.807, 2.05) is 0 Å². The van der Waals surface area contributed by atoms with Crippen molar-refractivity contribution in [1.82, 2.24) is 4.98 Å². The zero-order valence-corrected chi connectivity index (χ0v) is 9.59. The molecule has 1 aromatic rings. The Balaban J connectivity index is 3.34. The molecule has 0 spiro atoms. The van der Waals surface area contributed by atoms with Crippen molar-refractivity contribution in [1.29, 1.82) is 0 Å². The summed E-state index contributed by atoms with van der Waals surface area (Å²) >= 11 is 5.72. The Hall–Kier alpha value is -0.690. The monoisotopic (exact) mass is 250 g/mol. The van der Waals surface area contributed by atoms with E-state index in [4.69, 9.17) is 21.8 Å². The molecule has 0 aromatic carbocycles. The first-order valence-electron chi connectivity index (χ1n) is 4.16. The number of hydrogen-bond acceptors (Lipinski definition) is 4. The molecule has 0 aliphatic rings. The van der Waals surface area contributed by atoms with Gasteiger partial charge in [-0.3, -0.25) is 4.98 Å². The topological polar surface area (TPSA) is 93.3 Å². The first-order valence-corrected chi connectivity index (χ1v) is 6.09. The number of aliphatic hydroxyl groups excluding tert-OH is 1. The van der Waals surface area contributed by atoms with Gasteiger partial charge in [0.15, 0.2) is 0 Å². The number of sulfonamides is 1. The van der Waals surface area contributed by atoms with Gasteiger partial charge in [0.2, 0.25) is 10.0 Å². The summed E-state index contributed by atoms with van der Waals surface area (Å²) in [6, 6.07) is 1.34. The van der Waals surface area contributed by atoms with Crippen molar-refractivity contribution in [2.75, 3.05) is 0 Å². The maximum absolute atomic E-state index is 11.2. The number of hydrogen-bond donors (Lipinski definition) is 2. The maximum atomic E-state index is 11.2. The number of aliphatic hydroxyl groups is 1. The van der Waals surface area contributed by atoms with Crippen molar-refractivity contribution >= 4 is 21.6 Å². The second-order valence-electron chi connectivity index (χ2n) is 3.17. The Morgan fingerprint density at radius 3 is 2.73 bits per heavy atom. The van der Waals surface area contributed by atoms with E-state index in [-0.39, 0.29) is 22.0 Å². The zero-order valence-electron chi connectivity index (χ0n) is 8.01. The predicted octanol–water partition coefficient (Wildman–Crippen LogP) is 0.306. The lowest BCUT2D eigenvalue weighted by molar-refractivity contribution is 0.193. The molecule has 1 atom stereocenters. The van der Waals surface area contributed by atoms with Gasteiger partial charge >= 0.3 is 0 Å². The Morgan fingerprint density at radius 1 is 1.67 bits per heavy atom. The van der Waals surface area contributed by atoms with Gasteiger partial charge in [0.05, 0.1) is 16.8 Å². The van der Waals surface area contributed by atoms with Gasteiger partial charge in [0.1, 0.15) is 4.90 Å². The molecular formula is C8H11ClN2O3S. The minimum atomic E-state index is -3.92. The lowest BCUT2D eigenvalue weighted by atomic mass is 10.2. The Bertz CT molecular complexity index is 459. The summed E-state index contributed by atoms with van der Waals surface area (Å²) in [5.41, 5.74) is 0.181. The fourth-order valence-electron chi connectivity index (χ4n) is 1.19. The van der Waals surface area contributed by atoms with E-state index in [2.05, 4.69) is 4.98 Å². The zero-order chi connectivity index (χ0) is 11.6. The summed E-state index contributed by atoms with van der Waals surface area (Å²) in [5, 5.41) is 14.2. The van der Waals surface area contributed by atoms with Crippen LogP contribution in [0.5, 0.6) is 0 Å². The SMILES string of the molecule is C[C@@H](O)Cc1nccc(Cl)c1S(N)(=O)=O. The summed E-state index contributed by atoms with van der Waals surface area (Å²) in [4.78, 5) is 3.63. The second kappa shape index (κ2) is 4.44. The first-order chi connectivity index (χ1) is 6.82. The second-order valence-corrected chi connectivity index (χ2v) is 5.07. The average molecular weight is 251 g/mol. The van der Waals surface area contributed by atoms with Gasteiger partial charge in [-0.1, -0.05) is 11.6 Å². The minimum absolute atomic E-state index is 0.0168. The van der Waals surface area contributed by atoms with Crippen LogP contribution in [0.1, 0.15) is 12.6 Å². The third-order valence-electron chi connectivity index (χ3n) is 1.70. The smallest absolute Gasteiger partial charge is 0.241 e. The van der Waals surface area contributed by atoms with Crippen molar-refractivity contribution in [3.8, 4) is 0 Å². The van der Waals surface area contributed by atoms with E-state index in [1.54, 1.807) is 0 Å². The molecule has 0 unspecified atom stereocenters. The van der Waals surface area contributed by atoms with E-state index in [9.17, 15) is 8.42 Å². The fraction of sp³-hybridized carbons (Fsp3) is 0.375. The summed E-state index contributed by atoms with van der Waals surface area (Å²) in [6.07, 6.45) is 0.748. The van der Waals surface area contributed by atoms with Crippen molar-refractivity contribution < 1.29 is 13.5 Å². The van der Waals surface area contributed by atoms with Crippen molar-refractivity contribution in [3.05, 3.63) is 23.0 Å². The molecule has 15 heavy (non-hydrogen) atoms. The highest BCUT2D eigenvalue weighted by Crippen LogP contribution is 2.23. The van der Waals surface area contributed by atoms with E-state index >= 15 is 0 Å². The van der Waals surface area contributed by atoms with E-state index in [0.717, 1.165) is 0 Å². The molecule has 1 rings (SSSR count). The summed E-state index contributed by atoms with van der Waals surface area (Å²) in [5.74, 6) is 0. The summed E-state index contributed by atoms with van der Waals surface area (Å²) in [6.45, 7) is 1.52. The molecule has 0 saturated heterocycles. The number of halogens is 1. The molecule has 0 amide bonds. The third kappa shape index (κ3) is 3.13. The molecule has 0 aliphatic heterocycles. The third-order valence-corrected chi connectivity index (χ3v) is 3.16. The normalized spacial score (nSPS) is 13.9. The maximum Gasteiger partial charge on any atom is 0.241 e. The Kier molecular flexibility index (Phi) is 3.67. The Labute approximate surface area is 92.9 Å². The lowest BCUT2D eigenvalue weighted by Crippen LogP contribution is -2.18. The van der Waals surface area contributed by atoms with Crippen LogP contribution < -0.4 is 5.14 Å². The van der Waals surface area contributed by atoms with Crippen molar-refractivity contribution in [2.24, 2.45) is 5.14 Å². The quantitative estimate of drug-likeness (QED) is 0.807. The highest BCUT2D eigenvalue weighted by molar-refractivity contribution is 7.89. The molecule has 0 aliphatic carbocycles. The van der Waals surface area contributed by atoms with E-state index in [1.165, 1.54) is 19.2 Å². The average Bonchev–Trinajstić information content (AvgIpc) is 1.99. The molecule has 0 bridgehead atoms. The van der Waals surface area contributed by atoms with Crippen LogP contribution in [0.4, 0.5) is 0 Å². The molecule has 1 aromatic heterocycles. The van der Waals surface area contributed by atoms with Gasteiger partial charge < -0.3 is 5.11 Å². The lowest BCUT2D eigenvalue weighted by Gasteiger charge is -2.09. The molecule has 3 N–H and O–H groups in total. The van der Waals surface area contributed by atoms with E-state index < -0.39 is 16.1 Å². The van der Waals surface area contributed by atoms with Gasteiger partial charge in [-0.05, 0) is 13.0 Å². The van der Waals surface area contributed by atoms with Crippen LogP contribution in [0.25, 0.3) is 0 Å². The number of pyridine rings is 1. The highest BCUT2D eigenvalue weighted by Gasteiger charge is 2.20. The standard InChI is InChI=1S/C8H11ClN2O3S/c1-5(12)4-7-8(15(10,13)14)6(9)2-3-11-7/h2-3,5,12H,4H2,1H3,(H2,10,13,14)/t5-/m1/s1. The molecular weight excluding hydrogens is 240 g/mol. The molecule has 7 heteroatoms. The largest absolute Gasteiger partial charge is 0.393 e. The summed E-state index contributed by atoms with van der Waals surface area (Å²) < 4.78 is 22.5. The minimum Gasteiger partial charge on any atom is -0.393 e. The number of primary sulfonamides is 1. The van der Waals surface area contributed by atoms with Crippen LogP contribution in [0, 0.1) is 0 Å². The molecule has 5 nitrogen and oxygen atoms in total. The highest BCUT2D eigenvalue weighted by atomic mass is 35.5. The molecule has 0 fully saturated rings. The van der Waals surface area contributed by atoms with Crippen LogP contribution >= 0.6 is 11.6 Å². The van der Waals surface area contributed by atoms with Crippen LogP contribution in [0.15, 0.2) is 17.2 Å². The van der Waals surface area contributed by atoms with Gasteiger partial charge in [0, 0.05) is 12.6 Å². The first kappa shape index (κ1) is 12.4. The van der Waals surface area contributed by atoms with Crippen LogP contribution in [0.2, 0.25) is 5.02 Å². The van der Waals surface area contributed by atoms with Crippen LogP contribution in [-0.2, 0) is 16.4 Å². The van der Waals surface area contributed by atoms with Gasteiger partial charge in [-0.25, -0.2) is 13.6 Å². The molecule has 0 radical (unpaired) electrons. The van der Waals surface area contributed by atoms with E-state index in [0.29, 0.717) is 0 Å². The molecule has 84 valence electrons. The summed E-state index contributed by atoms with van der Waals surface area (Å²) in [7, 11) is -3.92. The number of rotatable bonds is 3. The van der Waals surface area contributed by atoms with Crippen molar-refractivity contribution in [3.63, 3.8) is 0 Å². The van der Waals surface area contributed by atoms with Crippen molar-refractivity contribution in [2.45, 2.75) is 24.3 Å². The number of aromatic nitrogens is 1. The van der Waals surface area contributed by atoms with Gasteiger partial charge in [-0.2, -0.15) is 0 Å².